The minimum Gasteiger partial charge on any atom is -0.322 e. The van der Waals surface area contributed by atoms with Crippen molar-refractivity contribution in [3.63, 3.8) is 0 Å². The molecule has 0 fully saturated rings. The molecule has 1 atom stereocenters. The maximum Gasteiger partial charge on any atom is 0.342 e. The highest BCUT2D eigenvalue weighted by molar-refractivity contribution is 7.90. The largest absolute Gasteiger partial charge is 0.342 e. The van der Waals surface area contributed by atoms with Crippen molar-refractivity contribution in [2.75, 3.05) is 6.26 Å². The highest BCUT2D eigenvalue weighted by atomic mass is 32.2. The monoisotopic (exact) mass is 191 g/mol. The summed E-state index contributed by atoms with van der Waals surface area (Å²) >= 11 is 0. The van der Waals surface area contributed by atoms with Gasteiger partial charge in [0.2, 0.25) is 9.84 Å². The van der Waals surface area contributed by atoms with E-state index in [-0.39, 0.29) is 5.82 Å². The van der Waals surface area contributed by atoms with Crippen LogP contribution in [-0.2, 0) is 9.84 Å². The van der Waals surface area contributed by atoms with Gasteiger partial charge in [-0.3, -0.25) is 0 Å². The highest BCUT2D eigenvalue weighted by Gasteiger charge is 2.17. The third-order valence-electron chi connectivity index (χ3n) is 1.15. The van der Waals surface area contributed by atoms with E-state index in [2.05, 4.69) is 14.7 Å². The van der Waals surface area contributed by atoms with Crippen molar-refractivity contribution in [2.24, 2.45) is 5.73 Å². The van der Waals surface area contributed by atoms with Crippen molar-refractivity contribution < 1.29 is 12.9 Å². The summed E-state index contributed by atoms with van der Waals surface area (Å²) in [5.41, 5.74) is 5.39. The fraction of sp³-hybridized carbons (Fsp3) is 0.600. The molecule has 0 aliphatic carbocycles. The lowest BCUT2D eigenvalue weighted by Crippen LogP contribution is -2.07. The average molecular weight is 191 g/mol. The van der Waals surface area contributed by atoms with Gasteiger partial charge in [0, 0.05) is 6.26 Å². The van der Waals surface area contributed by atoms with Crippen LogP contribution in [0.25, 0.3) is 0 Å². The summed E-state index contributed by atoms with van der Waals surface area (Å²) < 4.78 is 26.1. The van der Waals surface area contributed by atoms with Crippen molar-refractivity contribution in [3.8, 4) is 0 Å². The van der Waals surface area contributed by atoms with E-state index >= 15 is 0 Å². The standard InChI is InChI=1S/C5H9N3O3S/c1-3(6)4-7-5(11-8-4)12(2,9)10/h3H,6H2,1-2H3. The molecule has 0 aliphatic heterocycles. The molecule has 1 aromatic heterocycles. The van der Waals surface area contributed by atoms with Crippen LogP contribution < -0.4 is 5.73 Å². The van der Waals surface area contributed by atoms with Crippen LogP contribution in [-0.4, -0.2) is 24.8 Å². The summed E-state index contributed by atoms with van der Waals surface area (Å²) in [5.74, 6) is 0.190. The normalized spacial score (nSPS) is 14.6. The lowest BCUT2D eigenvalue weighted by molar-refractivity contribution is 0.325. The summed E-state index contributed by atoms with van der Waals surface area (Å²) in [6, 6.07) is -0.427. The Morgan fingerprint density at radius 3 is 2.42 bits per heavy atom. The molecule has 1 heterocycles. The Labute approximate surface area is 69.7 Å². The Hall–Kier alpha value is -0.950. The Balaban J connectivity index is 3.09. The highest BCUT2D eigenvalue weighted by Crippen LogP contribution is 2.08. The molecule has 0 spiro atoms. The fourth-order valence-corrected chi connectivity index (χ4v) is 0.988. The minimum atomic E-state index is -3.41. The van der Waals surface area contributed by atoms with Crippen LogP contribution in [0.3, 0.4) is 0 Å². The van der Waals surface area contributed by atoms with Gasteiger partial charge in [0.25, 0.3) is 0 Å². The summed E-state index contributed by atoms with van der Waals surface area (Å²) in [6.07, 6.45) is 0.992. The Bertz CT molecular complexity index is 367. The molecule has 0 bridgehead atoms. The molecule has 1 unspecified atom stereocenters. The molecule has 1 rings (SSSR count). The second kappa shape index (κ2) is 2.83. The molecule has 6 nitrogen and oxygen atoms in total. The van der Waals surface area contributed by atoms with Crippen molar-refractivity contribution in [2.45, 2.75) is 18.2 Å². The number of rotatable bonds is 2. The van der Waals surface area contributed by atoms with E-state index in [0.717, 1.165) is 6.26 Å². The third-order valence-corrected chi connectivity index (χ3v) is 1.95. The molecular formula is C5H9N3O3S. The van der Waals surface area contributed by atoms with Gasteiger partial charge in [-0.15, -0.1) is 0 Å². The lowest BCUT2D eigenvalue weighted by Gasteiger charge is -1.92. The van der Waals surface area contributed by atoms with E-state index in [1.54, 1.807) is 6.92 Å². The quantitative estimate of drug-likeness (QED) is 0.676. The van der Waals surface area contributed by atoms with Crippen LogP contribution in [0.1, 0.15) is 18.8 Å². The molecule has 0 saturated carbocycles. The van der Waals surface area contributed by atoms with Gasteiger partial charge in [-0.1, -0.05) is 5.16 Å². The van der Waals surface area contributed by atoms with Crippen LogP contribution >= 0.6 is 0 Å². The maximum absolute atomic E-state index is 10.8. The van der Waals surface area contributed by atoms with Crippen molar-refractivity contribution in [1.29, 1.82) is 0 Å². The summed E-state index contributed by atoms with van der Waals surface area (Å²) in [7, 11) is -3.41. The third kappa shape index (κ3) is 1.80. The van der Waals surface area contributed by atoms with Crippen molar-refractivity contribution >= 4 is 9.84 Å². The van der Waals surface area contributed by atoms with Gasteiger partial charge in [-0.2, -0.15) is 4.98 Å². The molecule has 0 aliphatic rings. The zero-order chi connectivity index (χ0) is 9.35. The smallest absolute Gasteiger partial charge is 0.322 e. The molecular weight excluding hydrogens is 182 g/mol. The number of hydrogen-bond acceptors (Lipinski definition) is 6. The first-order valence-corrected chi connectivity index (χ1v) is 5.09. The van der Waals surface area contributed by atoms with Gasteiger partial charge < -0.3 is 10.3 Å². The molecule has 0 saturated heterocycles. The molecule has 12 heavy (non-hydrogen) atoms. The van der Waals surface area contributed by atoms with Gasteiger partial charge in [-0.25, -0.2) is 8.42 Å². The number of nitrogens with two attached hydrogens (primary N) is 1. The van der Waals surface area contributed by atoms with Gasteiger partial charge in [-0.05, 0) is 6.92 Å². The molecule has 0 radical (unpaired) electrons. The molecule has 2 N–H and O–H groups in total. The lowest BCUT2D eigenvalue weighted by atomic mass is 10.4. The van der Waals surface area contributed by atoms with Crippen LogP contribution in [0.2, 0.25) is 0 Å². The maximum atomic E-state index is 10.8. The van der Waals surface area contributed by atoms with E-state index in [4.69, 9.17) is 5.73 Å². The Morgan fingerprint density at radius 2 is 2.17 bits per heavy atom. The van der Waals surface area contributed by atoms with Crippen LogP contribution in [0, 0.1) is 0 Å². The zero-order valence-electron chi connectivity index (χ0n) is 6.68. The first-order valence-electron chi connectivity index (χ1n) is 3.20. The van der Waals surface area contributed by atoms with E-state index in [1.807, 2.05) is 0 Å². The van der Waals surface area contributed by atoms with E-state index in [0.29, 0.717) is 0 Å². The summed E-state index contributed by atoms with van der Waals surface area (Å²) in [4.78, 5) is 3.59. The van der Waals surface area contributed by atoms with E-state index < -0.39 is 21.1 Å². The predicted molar refractivity (Wildman–Crippen MR) is 40.0 cm³/mol. The second-order valence-electron chi connectivity index (χ2n) is 2.48. The molecule has 7 heteroatoms. The van der Waals surface area contributed by atoms with Crippen molar-refractivity contribution in [3.05, 3.63) is 5.82 Å². The Morgan fingerprint density at radius 1 is 1.58 bits per heavy atom. The predicted octanol–water partition coefficient (Wildman–Crippen LogP) is -0.507. The summed E-state index contributed by atoms with van der Waals surface area (Å²) in [6.45, 7) is 1.64. The van der Waals surface area contributed by atoms with Crippen LogP contribution in [0.5, 0.6) is 0 Å². The first kappa shape index (κ1) is 9.14. The second-order valence-corrected chi connectivity index (χ2v) is 4.37. The number of aromatic nitrogens is 2. The molecule has 0 amide bonds. The SMILES string of the molecule is CC(N)c1noc(S(C)(=O)=O)n1. The molecule has 1 aromatic rings. The van der Waals surface area contributed by atoms with Crippen molar-refractivity contribution in [1.82, 2.24) is 10.1 Å². The summed E-state index contributed by atoms with van der Waals surface area (Å²) in [5, 5.41) is 3.00. The van der Waals surface area contributed by atoms with Gasteiger partial charge in [0.15, 0.2) is 5.82 Å². The van der Waals surface area contributed by atoms with Gasteiger partial charge >= 0.3 is 5.22 Å². The first-order chi connectivity index (χ1) is 5.41. The van der Waals surface area contributed by atoms with Gasteiger partial charge in [0.1, 0.15) is 0 Å². The topological polar surface area (TPSA) is 99.1 Å². The number of hydrogen-bond donors (Lipinski definition) is 1. The molecule has 0 aromatic carbocycles. The van der Waals surface area contributed by atoms with E-state index in [1.165, 1.54) is 0 Å². The number of sulfone groups is 1. The van der Waals surface area contributed by atoms with Gasteiger partial charge in [0.05, 0.1) is 6.04 Å². The minimum absolute atomic E-state index is 0.190. The number of nitrogens with zero attached hydrogens (tertiary/aromatic N) is 2. The Kier molecular flexibility index (Phi) is 2.16. The van der Waals surface area contributed by atoms with Crippen LogP contribution in [0.15, 0.2) is 9.75 Å². The zero-order valence-corrected chi connectivity index (χ0v) is 7.50. The fourth-order valence-electron chi connectivity index (χ4n) is 0.556. The van der Waals surface area contributed by atoms with Crippen LogP contribution in [0.4, 0.5) is 0 Å². The molecule has 68 valence electrons. The average Bonchev–Trinajstić information content (AvgIpc) is 2.30. The van der Waals surface area contributed by atoms with E-state index in [9.17, 15) is 8.42 Å².